The fourth-order valence-corrected chi connectivity index (χ4v) is 4.51. The van der Waals surface area contributed by atoms with Gasteiger partial charge in [-0.3, -0.25) is 0 Å². The highest BCUT2D eigenvalue weighted by atomic mass is 16.6. The van der Waals surface area contributed by atoms with Gasteiger partial charge in [-0.1, -0.05) is 60.7 Å². The van der Waals surface area contributed by atoms with E-state index in [2.05, 4.69) is 54.6 Å². The van der Waals surface area contributed by atoms with Gasteiger partial charge in [-0.15, -0.1) is 0 Å². The summed E-state index contributed by atoms with van der Waals surface area (Å²) in [6.45, 7) is 0. The molecular formula is C22H16O3. The lowest BCUT2D eigenvalue weighted by Gasteiger charge is -2.24. The van der Waals surface area contributed by atoms with Crippen LogP contribution in [0.2, 0.25) is 0 Å². The molecule has 0 unspecified atom stereocenters. The van der Waals surface area contributed by atoms with E-state index in [1.807, 2.05) is 6.07 Å². The molecule has 3 heteroatoms. The SMILES string of the molecule is O[C@@H]1[C@@H]2O[C@@H]2c2c(ccc3c2ccc2ccc4ccccc4c23)[C@H]1O. The van der Waals surface area contributed by atoms with E-state index in [0.717, 1.165) is 16.5 Å². The molecule has 6 rings (SSSR count). The molecule has 0 spiro atoms. The minimum atomic E-state index is -0.883. The Hall–Kier alpha value is -2.46. The average molecular weight is 328 g/mol. The van der Waals surface area contributed by atoms with Crippen molar-refractivity contribution in [2.24, 2.45) is 0 Å². The largest absolute Gasteiger partial charge is 0.387 e. The van der Waals surface area contributed by atoms with Gasteiger partial charge in [0.15, 0.2) is 0 Å². The maximum absolute atomic E-state index is 10.4. The summed E-state index contributed by atoms with van der Waals surface area (Å²) in [5, 5.41) is 27.8. The molecular weight excluding hydrogens is 312 g/mol. The van der Waals surface area contributed by atoms with Crippen molar-refractivity contribution in [3.05, 3.63) is 71.8 Å². The van der Waals surface area contributed by atoms with Crippen LogP contribution in [0.1, 0.15) is 23.3 Å². The van der Waals surface area contributed by atoms with E-state index >= 15 is 0 Å². The number of fused-ring (bicyclic) bond motifs is 9. The average Bonchev–Trinajstić information content (AvgIpc) is 3.45. The highest BCUT2D eigenvalue weighted by Gasteiger charge is 2.54. The molecule has 0 saturated carbocycles. The molecule has 0 aromatic heterocycles. The van der Waals surface area contributed by atoms with E-state index in [4.69, 9.17) is 4.74 Å². The Morgan fingerprint density at radius 2 is 1.48 bits per heavy atom. The van der Waals surface area contributed by atoms with Gasteiger partial charge >= 0.3 is 0 Å². The second-order valence-corrected chi connectivity index (χ2v) is 7.07. The first-order valence-electron chi connectivity index (χ1n) is 8.62. The van der Waals surface area contributed by atoms with Gasteiger partial charge < -0.3 is 14.9 Å². The normalized spacial score (nSPS) is 27.4. The van der Waals surface area contributed by atoms with Crippen LogP contribution in [-0.4, -0.2) is 22.4 Å². The predicted octanol–water partition coefficient (Wildman–Crippen LogP) is 3.99. The summed E-state index contributed by atoms with van der Waals surface area (Å²) in [5.41, 5.74) is 1.83. The van der Waals surface area contributed by atoms with Crippen LogP contribution in [0, 0.1) is 0 Å². The number of rotatable bonds is 0. The third-order valence-corrected chi connectivity index (χ3v) is 5.77. The lowest BCUT2D eigenvalue weighted by molar-refractivity contribution is 0.000106. The summed E-state index contributed by atoms with van der Waals surface area (Å²) >= 11 is 0. The van der Waals surface area contributed by atoms with E-state index in [1.165, 1.54) is 26.9 Å². The van der Waals surface area contributed by atoms with E-state index in [9.17, 15) is 10.2 Å². The number of hydrogen-bond donors (Lipinski definition) is 2. The van der Waals surface area contributed by atoms with E-state index in [0.29, 0.717) is 0 Å². The zero-order valence-corrected chi connectivity index (χ0v) is 13.4. The van der Waals surface area contributed by atoms with Crippen molar-refractivity contribution in [1.29, 1.82) is 0 Å². The molecule has 2 N–H and O–H groups in total. The fourth-order valence-electron chi connectivity index (χ4n) is 4.51. The van der Waals surface area contributed by atoms with E-state index in [1.54, 1.807) is 0 Å². The van der Waals surface area contributed by atoms with Crippen molar-refractivity contribution >= 4 is 32.3 Å². The fraction of sp³-hybridized carbons (Fsp3) is 0.182. The third-order valence-electron chi connectivity index (χ3n) is 5.77. The summed E-state index contributed by atoms with van der Waals surface area (Å²) in [7, 11) is 0. The lowest BCUT2D eigenvalue weighted by atomic mass is 9.83. The van der Waals surface area contributed by atoms with Crippen LogP contribution in [0.5, 0.6) is 0 Å². The number of benzene rings is 4. The molecule has 0 bridgehead atoms. The molecule has 0 radical (unpaired) electrons. The van der Waals surface area contributed by atoms with Gasteiger partial charge in [0.05, 0.1) is 0 Å². The van der Waals surface area contributed by atoms with Crippen LogP contribution in [0.25, 0.3) is 32.3 Å². The zero-order valence-electron chi connectivity index (χ0n) is 13.4. The first-order chi connectivity index (χ1) is 12.2. The zero-order chi connectivity index (χ0) is 16.7. The first-order valence-corrected chi connectivity index (χ1v) is 8.62. The number of epoxide rings is 1. The molecule has 2 aliphatic rings. The Morgan fingerprint density at radius 3 is 2.40 bits per heavy atom. The van der Waals surface area contributed by atoms with E-state index < -0.39 is 12.2 Å². The molecule has 4 aromatic carbocycles. The van der Waals surface area contributed by atoms with Crippen LogP contribution in [-0.2, 0) is 4.74 Å². The molecule has 1 fully saturated rings. The summed E-state index contributed by atoms with van der Waals surface area (Å²) in [4.78, 5) is 0. The predicted molar refractivity (Wildman–Crippen MR) is 97.5 cm³/mol. The number of hydrogen-bond acceptors (Lipinski definition) is 3. The van der Waals surface area contributed by atoms with Gasteiger partial charge in [0.1, 0.15) is 24.4 Å². The van der Waals surface area contributed by atoms with Crippen LogP contribution in [0.15, 0.2) is 60.7 Å². The van der Waals surface area contributed by atoms with Crippen molar-refractivity contribution in [1.82, 2.24) is 0 Å². The first kappa shape index (κ1) is 13.8. The Morgan fingerprint density at radius 1 is 0.720 bits per heavy atom. The molecule has 0 amide bonds. The Balaban J connectivity index is 1.78. The Labute approximate surface area is 144 Å². The van der Waals surface area contributed by atoms with Crippen molar-refractivity contribution in [2.45, 2.75) is 24.4 Å². The summed E-state index contributed by atoms with van der Waals surface area (Å²) in [6.07, 6.45) is -2.11. The second kappa shape index (κ2) is 4.58. The van der Waals surface area contributed by atoms with Crippen LogP contribution in [0.3, 0.4) is 0 Å². The summed E-state index contributed by atoms with van der Waals surface area (Å²) in [5.74, 6) is 0. The third kappa shape index (κ3) is 1.70. The van der Waals surface area contributed by atoms with Crippen molar-refractivity contribution < 1.29 is 14.9 Å². The van der Waals surface area contributed by atoms with Crippen molar-refractivity contribution in [2.75, 3.05) is 0 Å². The second-order valence-electron chi connectivity index (χ2n) is 7.07. The summed E-state index contributed by atoms with van der Waals surface area (Å²) < 4.78 is 5.68. The van der Waals surface area contributed by atoms with Gasteiger partial charge in [0.25, 0.3) is 0 Å². The van der Waals surface area contributed by atoms with Gasteiger partial charge in [-0.05, 0) is 43.4 Å². The molecule has 1 aliphatic carbocycles. The molecule has 3 nitrogen and oxygen atoms in total. The molecule has 1 aliphatic heterocycles. The van der Waals surface area contributed by atoms with Crippen molar-refractivity contribution in [3.8, 4) is 0 Å². The van der Waals surface area contributed by atoms with E-state index in [-0.39, 0.29) is 12.2 Å². The quantitative estimate of drug-likeness (QED) is 0.379. The van der Waals surface area contributed by atoms with Gasteiger partial charge in [-0.2, -0.15) is 0 Å². The lowest BCUT2D eigenvalue weighted by Crippen LogP contribution is -2.29. The van der Waals surface area contributed by atoms with Crippen LogP contribution < -0.4 is 0 Å². The maximum Gasteiger partial charge on any atom is 0.118 e. The molecule has 1 heterocycles. The minimum absolute atomic E-state index is 0.107. The number of aliphatic hydroxyl groups is 2. The van der Waals surface area contributed by atoms with Gasteiger partial charge in [-0.25, -0.2) is 0 Å². The summed E-state index contributed by atoms with van der Waals surface area (Å²) in [6, 6.07) is 21.0. The molecule has 4 aromatic rings. The number of aliphatic hydroxyl groups excluding tert-OH is 2. The van der Waals surface area contributed by atoms with Crippen LogP contribution in [0.4, 0.5) is 0 Å². The molecule has 4 atom stereocenters. The molecule has 1 saturated heterocycles. The Kier molecular flexibility index (Phi) is 2.53. The Bertz CT molecular complexity index is 1180. The van der Waals surface area contributed by atoms with Crippen LogP contribution >= 0.6 is 0 Å². The monoisotopic (exact) mass is 328 g/mol. The number of ether oxygens (including phenoxy) is 1. The standard InChI is InChI=1S/C22H16O3/c23-19-16-10-9-14-15(18(16)21-22(25-21)20(19)24)8-7-12-6-5-11-3-1-2-4-13(11)17(12)14/h1-10,19-24H/t19-,20+,21-,22+/m1/s1. The van der Waals surface area contributed by atoms with Gasteiger partial charge in [0, 0.05) is 0 Å². The highest BCUT2D eigenvalue weighted by molar-refractivity contribution is 6.20. The maximum atomic E-state index is 10.4. The van der Waals surface area contributed by atoms with Crippen molar-refractivity contribution in [3.63, 3.8) is 0 Å². The smallest absolute Gasteiger partial charge is 0.118 e. The minimum Gasteiger partial charge on any atom is -0.387 e. The van der Waals surface area contributed by atoms with Gasteiger partial charge in [0.2, 0.25) is 0 Å². The molecule has 122 valence electrons. The highest BCUT2D eigenvalue weighted by Crippen LogP contribution is 2.53. The topological polar surface area (TPSA) is 53.0 Å². The molecule has 25 heavy (non-hydrogen) atoms.